The first kappa shape index (κ1) is 9.33. The van der Waals surface area contributed by atoms with E-state index in [1.54, 1.807) is 6.20 Å². The van der Waals surface area contributed by atoms with Gasteiger partial charge in [-0.2, -0.15) is 5.10 Å². The van der Waals surface area contributed by atoms with E-state index in [1.165, 1.54) is 0 Å². The van der Waals surface area contributed by atoms with Crippen LogP contribution in [0.3, 0.4) is 0 Å². The van der Waals surface area contributed by atoms with Crippen molar-refractivity contribution >= 4 is 6.29 Å². The molecule has 0 bridgehead atoms. The van der Waals surface area contributed by atoms with Crippen molar-refractivity contribution in [3.8, 4) is 5.69 Å². The van der Waals surface area contributed by atoms with Crippen LogP contribution in [0.25, 0.3) is 5.69 Å². The van der Waals surface area contributed by atoms with Crippen LogP contribution >= 0.6 is 0 Å². The van der Waals surface area contributed by atoms with Crippen molar-refractivity contribution in [2.24, 2.45) is 0 Å². The van der Waals surface area contributed by atoms with E-state index in [9.17, 15) is 4.79 Å². The maximum Gasteiger partial charge on any atom is 0.130 e. The second-order valence-corrected chi connectivity index (χ2v) is 4.24. The molecule has 1 aromatic carbocycles. The Bertz CT molecular complexity index is 512. The molecule has 1 aromatic heterocycles. The summed E-state index contributed by atoms with van der Waals surface area (Å²) in [6.07, 6.45) is 6.63. The summed E-state index contributed by atoms with van der Waals surface area (Å²) in [4.78, 5) is 11.2. The maximum atomic E-state index is 11.2. The Kier molecular flexibility index (Phi) is 1.93. The highest BCUT2D eigenvalue weighted by Gasteiger charge is 2.45. The Morgan fingerprint density at radius 3 is 2.69 bits per heavy atom. The van der Waals surface area contributed by atoms with E-state index in [0.29, 0.717) is 0 Å². The van der Waals surface area contributed by atoms with Gasteiger partial charge in [0.05, 0.1) is 11.1 Å². The van der Waals surface area contributed by atoms with Gasteiger partial charge in [-0.05, 0) is 30.5 Å². The Morgan fingerprint density at radius 2 is 2.06 bits per heavy atom. The Balaban J connectivity index is 2.16. The third kappa shape index (κ3) is 1.28. The minimum absolute atomic E-state index is 0.247. The number of benzene rings is 1. The lowest BCUT2D eigenvalue weighted by atomic mass is 9.96. The molecule has 1 fully saturated rings. The van der Waals surface area contributed by atoms with Crippen molar-refractivity contribution in [2.45, 2.75) is 18.3 Å². The predicted molar refractivity (Wildman–Crippen MR) is 60.5 cm³/mol. The number of hydrogen-bond donors (Lipinski definition) is 0. The summed E-state index contributed by atoms with van der Waals surface area (Å²) in [7, 11) is 0. The first-order valence-electron chi connectivity index (χ1n) is 5.42. The average Bonchev–Trinajstić information content (AvgIpc) is 2.95. The molecule has 3 nitrogen and oxygen atoms in total. The number of aldehydes is 1. The number of carbonyl (C=O) groups is 1. The molecule has 0 radical (unpaired) electrons. The number of nitrogens with zero attached hydrogens (tertiary/aromatic N) is 2. The summed E-state index contributed by atoms with van der Waals surface area (Å²) in [5, 5.41) is 4.22. The van der Waals surface area contributed by atoms with Gasteiger partial charge in [-0.1, -0.05) is 18.2 Å². The molecular formula is C13H12N2O. The molecule has 0 N–H and O–H groups in total. The van der Waals surface area contributed by atoms with E-state index >= 15 is 0 Å². The fraction of sp³-hybridized carbons (Fsp3) is 0.231. The van der Waals surface area contributed by atoms with Crippen LogP contribution in [0.5, 0.6) is 0 Å². The molecule has 1 aliphatic carbocycles. The minimum Gasteiger partial charge on any atom is -0.302 e. The van der Waals surface area contributed by atoms with Crippen LogP contribution in [0.15, 0.2) is 42.7 Å². The third-order valence-electron chi connectivity index (χ3n) is 3.21. The second-order valence-electron chi connectivity index (χ2n) is 4.24. The van der Waals surface area contributed by atoms with Crippen molar-refractivity contribution in [3.63, 3.8) is 0 Å². The normalized spacial score (nSPS) is 17.0. The van der Waals surface area contributed by atoms with Crippen molar-refractivity contribution in [3.05, 3.63) is 48.3 Å². The third-order valence-corrected chi connectivity index (χ3v) is 3.21. The summed E-state index contributed by atoms with van der Waals surface area (Å²) < 4.78 is 1.82. The van der Waals surface area contributed by atoms with Gasteiger partial charge in [0, 0.05) is 12.4 Å². The highest BCUT2D eigenvalue weighted by atomic mass is 16.1. The van der Waals surface area contributed by atoms with E-state index < -0.39 is 0 Å². The Hall–Kier alpha value is -1.90. The van der Waals surface area contributed by atoms with E-state index in [-0.39, 0.29) is 5.41 Å². The van der Waals surface area contributed by atoms with E-state index in [2.05, 4.69) is 5.10 Å². The topological polar surface area (TPSA) is 34.9 Å². The van der Waals surface area contributed by atoms with Gasteiger partial charge in [0.15, 0.2) is 0 Å². The fourth-order valence-corrected chi connectivity index (χ4v) is 2.09. The van der Waals surface area contributed by atoms with Gasteiger partial charge in [0.1, 0.15) is 6.29 Å². The molecule has 1 heterocycles. The lowest BCUT2D eigenvalue weighted by Gasteiger charge is -2.13. The van der Waals surface area contributed by atoms with Crippen LogP contribution in [-0.4, -0.2) is 16.1 Å². The van der Waals surface area contributed by atoms with Crippen LogP contribution in [0.4, 0.5) is 0 Å². The molecule has 1 saturated carbocycles. The highest BCUT2D eigenvalue weighted by molar-refractivity contribution is 5.75. The van der Waals surface area contributed by atoms with E-state index in [0.717, 1.165) is 30.4 Å². The van der Waals surface area contributed by atoms with Crippen molar-refractivity contribution in [2.75, 3.05) is 0 Å². The zero-order valence-corrected chi connectivity index (χ0v) is 8.84. The molecule has 0 saturated heterocycles. The monoisotopic (exact) mass is 212 g/mol. The number of aromatic nitrogens is 2. The van der Waals surface area contributed by atoms with Gasteiger partial charge in [0.2, 0.25) is 0 Å². The van der Waals surface area contributed by atoms with Gasteiger partial charge in [-0.15, -0.1) is 0 Å². The summed E-state index contributed by atoms with van der Waals surface area (Å²) >= 11 is 0. The SMILES string of the molecule is O=CC1(c2ccccc2-n2cccn2)CC1. The quantitative estimate of drug-likeness (QED) is 0.730. The minimum atomic E-state index is -0.247. The highest BCUT2D eigenvalue weighted by Crippen LogP contribution is 2.48. The zero-order valence-electron chi connectivity index (χ0n) is 8.84. The lowest BCUT2D eigenvalue weighted by Crippen LogP contribution is -2.12. The predicted octanol–water partition coefficient (Wildman–Crippen LogP) is 2.10. The molecule has 3 heteroatoms. The molecule has 0 spiro atoms. The fourth-order valence-electron chi connectivity index (χ4n) is 2.09. The largest absolute Gasteiger partial charge is 0.302 e. The molecular weight excluding hydrogens is 200 g/mol. The average molecular weight is 212 g/mol. The Morgan fingerprint density at radius 1 is 1.25 bits per heavy atom. The van der Waals surface area contributed by atoms with Gasteiger partial charge >= 0.3 is 0 Å². The molecule has 0 atom stereocenters. The molecule has 0 unspecified atom stereocenters. The summed E-state index contributed by atoms with van der Waals surface area (Å²) in [6.45, 7) is 0. The molecule has 16 heavy (non-hydrogen) atoms. The van der Waals surface area contributed by atoms with Gasteiger partial charge in [-0.3, -0.25) is 0 Å². The van der Waals surface area contributed by atoms with Crippen LogP contribution in [0.1, 0.15) is 18.4 Å². The molecule has 2 aromatic rings. The van der Waals surface area contributed by atoms with E-state index in [1.807, 2.05) is 41.2 Å². The number of rotatable bonds is 3. The van der Waals surface area contributed by atoms with Gasteiger partial charge in [0.25, 0.3) is 0 Å². The van der Waals surface area contributed by atoms with Gasteiger partial charge < -0.3 is 4.79 Å². The van der Waals surface area contributed by atoms with Crippen LogP contribution in [0, 0.1) is 0 Å². The Labute approximate surface area is 93.7 Å². The van der Waals surface area contributed by atoms with Crippen molar-refractivity contribution in [1.29, 1.82) is 0 Å². The maximum absolute atomic E-state index is 11.2. The molecule has 3 rings (SSSR count). The number of carbonyl (C=O) groups excluding carboxylic acids is 1. The zero-order chi connectivity index (χ0) is 11.0. The summed E-state index contributed by atoms with van der Waals surface area (Å²) in [6, 6.07) is 9.87. The van der Waals surface area contributed by atoms with Crippen molar-refractivity contribution < 1.29 is 4.79 Å². The number of hydrogen-bond acceptors (Lipinski definition) is 2. The molecule has 0 amide bonds. The summed E-state index contributed by atoms with van der Waals surface area (Å²) in [5.41, 5.74) is 1.86. The standard InChI is InChI=1S/C13H12N2O/c16-10-13(6-7-13)11-4-1-2-5-12(11)15-9-3-8-14-15/h1-5,8-10H,6-7H2. The first-order chi connectivity index (χ1) is 7.86. The van der Waals surface area contributed by atoms with Crippen LogP contribution < -0.4 is 0 Å². The van der Waals surface area contributed by atoms with Crippen LogP contribution in [0.2, 0.25) is 0 Å². The van der Waals surface area contributed by atoms with E-state index in [4.69, 9.17) is 0 Å². The van der Waals surface area contributed by atoms with Crippen LogP contribution in [-0.2, 0) is 10.2 Å². The summed E-state index contributed by atoms with van der Waals surface area (Å²) in [5.74, 6) is 0. The number of para-hydroxylation sites is 1. The molecule has 80 valence electrons. The second kappa shape index (κ2) is 3.30. The molecule has 0 aliphatic heterocycles. The van der Waals surface area contributed by atoms with Gasteiger partial charge in [-0.25, -0.2) is 4.68 Å². The molecule has 1 aliphatic rings. The lowest BCUT2D eigenvalue weighted by molar-refractivity contribution is -0.109. The van der Waals surface area contributed by atoms with Crippen molar-refractivity contribution in [1.82, 2.24) is 9.78 Å². The smallest absolute Gasteiger partial charge is 0.130 e. The first-order valence-corrected chi connectivity index (χ1v) is 5.42.